The lowest BCUT2D eigenvalue weighted by atomic mass is 10.5. The topological polar surface area (TPSA) is 57.2 Å². The molecule has 0 spiro atoms. The molecule has 92 valence electrons. The lowest BCUT2D eigenvalue weighted by Crippen LogP contribution is -2.42. The Labute approximate surface area is 92.7 Å². The molecule has 0 saturated carbocycles. The molecule has 0 amide bonds. The first-order valence-corrected chi connectivity index (χ1v) is 7.02. The van der Waals surface area contributed by atoms with Crippen molar-refractivity contribution in [1.29, 1.82) is 0 Å². The van der Waals surface area contributed by atoms with Gasteiger partial charge in [-0.3, -0.25) is 0 Å². The monoisotopic (exact) mass is 238 g/mol. The van der Waals surface area contributed by atoms with Gasteiger partial charge in [0.15, 0.2) is 0 Å². The second kappa shape index (κ2) is 9.26. The van der Waals surface area contributed by atoms with Gasteiger partial charge < -0.3 is 23.1 Å². The first-order valence-electron chi connectivity index (χ1n) is 5.08. The Kier molecular flexibility index (Phi) is 9.27. The smallest absolute Gasteiger partial charge is 0.396 e. The molecule has 1 N–H and O–H groups in total. The minimum atomic E-state index is -2.42. The van der Waals surface area contributed by atoms with Gasteiger partial charge in [-0.25, -0.2) is 0 Å². The summed E-state index contributed by atoms with van der Waals surface area (Å²) >= 11 is 0. The number of hydrogen-bond donors (Lipinski definition) is 1. The first kappa shape index (κ1) is 15.0. The van der Waals surface area contributed by atoms with Crippen LogP contribution < -0.4 is 0 Å². The summed E-state index contributed by atoms with van der Waals surface area (Å²) in [7, 11) is 2.39. The highest BCUT2D eigenvalue weighted by atomic mass is 28.4. The van der Waals surface area contributed by atoms with Gasteiger partial charge in [-0.05, 0) is 12.8 Å². The fourth-order valence-corrected chi connectivity index (χ4v) is 2.91. The summed E-state index contributed by atoms with van der Waals surface area (Å²) in [4.78, 5) is 0. The van der Waals surface area contributed by atoms with Crippen molar-refractivity contribution in [3.8, 4) is 0 Å². The Morgan fingerprint density at radius 1 is 0.933 bits per heavy atom. The molecule has 5 nitrogen and oxygen atoms in total. The predicted octanol–water partition coefficient (Wildman–Crippen LogP) is 0.654. The van der Waals surface area contributed by atoms with E-state index in [0.29, 0.717) is 19.6 Å². The summed E-state index contributed by atoms with van der Waals surface area (Å²) in [5.74, 6) is 0. The summed E-state index contributed by atoms with van der Waals surface area (Å²) in [6.45, 7) is 1.41. The van der Waals surface area contributed by atoms with Crippen molar-refractivity contribution in [3.05, 3.63) is 0 Å². The lowest BCUT2D eigenvalue weighted by molar-refractivity contribution is 0.1000. The molecule has 0 unspecified atom stereocenters. The molecular formula is C9H22O5Si. The van der Waals surface area contributed by atoms with Crippen molar-refractivity contribution >= 4 is 8.80 Å². The third-order valence-corrected chi connectivity index (χ3v) is 4.98. The summed E-state index contributed by atoms with van der Waals surface area (Å²) < 4.78 is 21.1. The quantitative estimate of drug-likeness (QED) is 0.447. The third-order valence-electron chi connectivity index (χ3n) is 2.15. The molecule has 0 heterocycles. The van der Waals surface area contributed by atoms with Crippen LogP contribution in [0.5, 0.6) is 0 Å². The van der Waals surface area contributed by atoms with E-state index in [2.05, 4.69) is 0 Å². The number of rotatable bonds is 10. The van der Waals surface area contributed by atoms with Gasteiger partial charge in [0.25, 0.3) is 0 Å². The minimum absolute atomic E-state index is 0.174. The number of ether oxygens (including phenoxy) is 1. The number of aliphatic hydroxyl groups is 1. The van der Waals surface area contributed by atoms with E-state index < -0.39 is 8.80 Å². The summed E-state index contributed by atoms with van der Waals surface area (Å²) in [6.07, 6.45) is 1.52. The van der Waals surface area contributed by atoms with E-state index in [9.17, 15) is 0 Å². The Morgan fingerprint density at radius 2 is 1.47 bits per heavy atom. The highest BCUT2D eigenvalue weighted by molar-refractivity contribution is 6.60. The van der Waals surface area contributed by atoms with Crippen molar-refractivity contribution in [3.63, 3.8) is 0 Å². The molecule has 0 aliphatic rings. The Balaban J connectivity index is 3.54. The second-order valence-electron chi connectivity index (χ2n) is 3.09. The van der Waals surface area contributed by atoms with Crippen molar-refractivity contribution < 1.29 is 23.1 Å². The standard InChI is InChI=1S/C9H22O5Si/c1-11-15(12-2,13-3)9-5-8-14-7-4-6-10/h10H,4-9H2,1-3H3. The van der Waals surface area contributed by atoms with Gasteiger partial charge in [-0.1, -0.05) is 0 Å². The van der Waals surface area contributed by atoms with Crippen LogP contribution in [0.2, 0.25) is 6.04 Å². The van der Waals surface area contributed by atoms with Crippen LogP contribution in [0.25, 0.3) is 0 Å². The molecule has 15 heavy (non-hydrogen) atoms. The van der Waals surface area contributed by atoms with Crippen molar-refractivity contribution in [2.45, 2.75) is 18.9 Å². The van der Waals surface area contributed by atoms with E-state index in [4.69, 9.17) is 23.1 Å². The molecule has 0 saturated heterocycles. The van der Waals surface area contributed by atoms with Gasteiger partial charge in [0.1, 0.15) is 0 Å². The van der Waals surface area contributed by atoms with E-state index in [1.54, 1.807) is 21.3 Å². The molecule has 6 heteroatoms. The highest BCUT2D eigenvalue weighted by Gasteiger charge is 2.36. The zero-order valence-electron chi connectivity index (χ0n) is 9.82. The van der Waals surface area contributed by atoms with Gasteiger partial charge in [0.2, 0.25) is 0 Å². The molecule has 0 aliphatic heterocycles. The van der Waals surface area contributed by atoms with Crippen LogP contribution in [0.1, 0.15) is 12.8 Å². The zero-order valence-corrected chi connectivity index (χ0v) is 10.8. The Hall–Kier alpha value is 0.0169. The van der Waals surface area contributed by atoms with E-state index >= 15 is 0 Å². The van der Waals surface area contributed by atoms with Crippen LogP contribution in [-0.4, -0.2) is 55.1 Å². The maximum atomic E-state index is 8.53. The molecule has 0 atom stereocenters. The van der Waals surface area contributed by atoms with Crippen LogP contribution in [-0.2, 0) is 18.0 Å². The number of aliphatic hydroxyl groups excluding tert-OH is 1. The van der Waals surface area contributed by atoms with Crippen LogP contribution in [0.4, 0.5) is 0 Å². The molecule has 0 aromatic rings. The molecule has 0 aromatic heterocycles. The fourth-order valence-electron chi connectivity index (χ4n) is 1.22. The van der Waals surface area contributed by atoms with Crippen LogP contribution in [0.3, 0.4) is 0 Å². The average molecular weight is 238 g/mol. The molecular weight excluding hydrogens is 216 g/mol. The predicted molar refractivity (Wildman–Crippen MR) is 58.7 cm³/mol. The van der Waals surface area contributed by atoms with Gasteiger partial charge in [0.05, 0.1) is 0 Å². The van der Waals surface area contributed by atoms with E-state index in [1.165, 1.54) is 0 Å². The minimum Gasteiger partial charge on any atom is -0.396 e. The number of hydrogen-bond acceptors (Lipinski definition) is 5. The lowest BCUT2D eigenvalue weighted by Gasteiger charge is -2.24. The third kappa shape index (κ3) is 6.24. The normalized spacial score (nSPS) is 12.0. The molecule has 0 bridgehead atoms. The van der Waals surface area contributed by atoms with Crippen molar-refractivity contribution in [1.82, 2.24) is 0 Å². The van der Waals surface area contributed by atoms with Gasteiger partial charge in [-0.15, -0.1) is 0 Å². The zero-order chi connectivity index (χ0) is 11.6. The molecule has 0 aliphatic carbocycles. The largest absolute Gasteiger partial charge is 0.500 e. The van der Waals surface area contributed by atoms with Gasteiger partial charge >= 0.3 is 8.80 Å². The maximum Gasteiger partial charge on any atom is 0.500 e. The fraction of sp³-hybridized carbons (Fsp3) is 1.00. The van der Waals surface area contributed by atoms with Crippen molar-refractivity contribution in [2.24, 2.45) is 0 Å². The Bertz CT molecular complexity index is 132. The Morgan fingerprint density at radius 3 is 1.93 bits per heavy atom. The molecule has 0 fully saturated rings. The maximum absolute atomic E-state index is 8.53. The van der Waals surface area contributed by atoms with Crippen LogP contribution >= 0.6 is 0 Å². The van der Waals surface area contributed by atoms with Gasteiger partial charge in [-0.2, -0.15) is 0 Å². The van der Waals surface area contributed by atoms with Crippen LogP contribution in [0.15, 0.2) is 0 Å². The summed E-state index contributed by atoms with van der Waals surface area (Å²) in [5, 5.41) is 8.53. The highest BCUT2D eigenvalue weighted by Crippen LogP contribution is 2.14. The van der Waals surface area contributed by atoms with Gasteiger partial charge in [0, 0.05) is 47.2 Å². The van der Waals surface area contributed by atoms with E-state index in [-0.39, 0.29) is 6.61 Å². The van der Waals surface area contributed by atoms with Crippen molar-refractivity contribution in [2.75, 3.05) is 41.2 Å². The molecule has 0 aromatic carbocycles. The second-order valence-corrected chi connectivity index (χ2v) is 6.18. The SMILES string of the molecule is CO[Si](CCCOCCCO)(OC)OC. The van der Waals surface area contributed by atoms with E-state index in [0.717, 1.165) is 12.5 Å². The van der Waals surface area contributed by atoms with E-state index in [1.807, 2.05) is 0 Å². The van der Waals surface area contributed by atoms with Crippen LogP contribution in [0, 0.1) is 0 Å². The molecule has 0 rings (SSSR count). The first-order chi connectivity index (χ1) is 7.24. The molecule has 0 radical (unpaired) electrons. The summed E-state index contributed by atoms with van der Waals surface area (Å²) in [6, 6.07) is 0.746. The summed E-state index contributed by atoms with van der Waals surface area (Å²) in [5.41, 5.74) is 0. The average Bonchev–Trinajstić information content (AvgIpc) is 2.29.